The predicted molar refractivity (Wildman–Crippen MR) is 116 cm³/mol. The van der Waals surface area contributed by atoms with Crippen LogP contribution in [0.15, 0.2) is 47.3 Å². The number of carbonyl (C=O) groups excluding carboxylic acids is 2. The van der Waals surface area contributed by atoms with Crippen molar-refractivity contribution < 1.29 is 13.5 Å². The normalized spacial score (nSPS) is 30.3. The first-order chi connectivity index (χ1) is 15.1. The molecule has 1 heterocycles. The van der Waals surface area contributed by atoms with Crippen molar-refractivity contribution in [3.63, 3.8) is 0 Å². The van der Waals surface area contributed by atoms with Gasteiger partial charge in [0.1, 0.15) is 12.1 Å². The second-order valence-electron chi connectivity index (χ2n) is 9.05. The first-order valence-electron chi connectivity index (χ1n) is 10.1. The van der Waals surface area contributed by atoms with E-state index in [-0.39, 0.29) is 41.0 Å². The molecule has 3 aliphatic rings. The van der Waals surface area contributed by atoms with E-state index in [1.807, 2.05) is 32.9 Å². The molecule has 3 unspecified atom stereocenters. The van der Waals surface area contributed by atoms with Gasteiger partial charge in [0.25, 0.3) is 0 Å². The summed E-state index contributed by atoms with van der Waals surface area (Å²) < 4.78 is 14.3. The predicted octanol–water partition coefficient (Wildman–Crippen LogP) is 4.04. The van der Waals surface area contributed by atoms with Crippen LogP contribution in [0.25, 0.3) is 0 Å². The Labute approximate surface area is 189 Å². The Morgan fingerprint density at radius 3 is 2.56 bits per heavy atom. The van der Waals surface area contributed by atoms with Gasteiger partial charge in [-0.3, -0.25) is 9.59 Å². The zero-order chi connectivity index (χ0) is 23.3. The minimum absolute atomic E-state index is 0.0102. The molecule has 32 heavy (non-hydrogen) atoms. The van der Waals surface area contributed by atoms with Crippen LogP contribution in [0.4, 0.5) is 3.89 Å². The molecule has 1 aromatic heterocycles. The third-order valence-corrected chi connectivity index (χ3v) is 7.45. The van der Waals surface area contributed by atoms with Crippen molar-refractivity contribution in [2.24, 2.45) is 22.2 Å². The maximum absolute atomic E-state index is 13.2. The van der Waals surface area contributed by atoms with Crippen molar-refractivity contribution in [3.8, 4) is 24.0 Å². The number of imidazole rings is 1. The Hall–Kier alpha value is -3.41. The van der Waals surface area contributed by atoms with Crippen LogP contribution in [0.3, 0.4) is 0 Å². The standard InChI is InChI=1S/C24H19FN4O2S/c1-22(2)18-4-6-24(7-5-20-28-8-9-29(20)32-25)12-15(13-26)17(30)10-19(24)23(18,3)11-16(14-27)21(22)31/h8-12,18H,4,6H2,1-3H3. The van der Waals surface area contributed by atoms with Crippen LogP contribution in [0, 0.1) is 56.7 Å². The highest BCUT2D eigenvalue weighted by Gasteiger charge is 2.59. The lowest BCUT2D eigenvalue weighted by atomic mass is 9.45. The molecule has 0 spiro atoms. The highest BCUT2D eigenvalue weighted by molar-refractivity contribution is 7.92. The number of nitriles is 2. The summed E-state index contributed by atoms with van der Waals surface area (Å²) in [6, 6.07) is 3.96. The van der Waals surface area contributed by atoms with Gasteiger partial charge in [0, 0.05) is 23.2 Å². The van der Waals surface area contributed by atoms with Crippen LogP contribution in [0.2, 0.25) is 0 Å². The number of carbonyl (C=O) groups is 2. The number of nitrogens with zero attached hydrogens (tertiary/aromatic N) is 4. The van der Waals surface area contributed by atoms with Gasteiger partial charge in [-0.05, 0) is 42.4 Å². The molecule has 1 saturated carbocycles. The van der Waals surface area contributed by atoms with E-state index in [0.717, 1.165) is 0 Å². The highest BCUT2D eigenvalue weighted by atomic mass is 32.2. The summed E-state index contributed by atoms with van der Waals surface area (Å²) in [6.07, 6.45) is 8.61. The number of halogens is 1. The number of rotatable bonds is 1. The maximum Gasteiger partial charge on any atom is 0.197 e. The second-order valence-corrected chi connectivity index (χ2v) is 9.59. The molecule has 0 N–H and O–H groups in total. The molecule has 0 saturated heterocycles. The van der Waals surface area contributed by atoms with Gasteiger partial charge in [0.2, 0.25) is 0 Å². The Balaban J connectivity index is 1.96. The number of aromatic nitrogens is 2. The Kier molecular flexibility index (Phi) is 4.99. The summed E-state index contributed by atoms with van der Waals surface area (Å²) >= 11 is -0.0260. The molecule has 0 bridgehead atoms. The maximum atomic E-state index is 13.2. The van der Waals surface area contributed by atoms with Gasteiger partial charge in [-0.25, -0.2) is 8.96 Å². The first kappa shape index (κ1) is 21.8. The number of hydrogen-bond donors (Lipinski definition) is 0. The summed E-state index contributed by atoms with van der Waals surface area (Å²) in [4.78, 5) is 29.7. The van der Waals surface area contributed by atoms with Crippen molar-refractivity contribution in [2.75, 3.05) is 0 Å². The van der Waals surface area contributed by atoms with Gasteiger partial charge < -0.3 is 0 Å². The zero-order valence-corrected chi connectivity index (χ0v) is 18.6. The second kappa shape index (κ2) is 7.33. The van der Waals surface area contributed by atoms with Crippen molar-refractivity contribution in [1.29, 1.82) is 10.5 Å². The number of ketones is 2. The summed E-state index contributed by atoms with van der Waals surface area (Å²) in [5, 5.41) is 19.1. The smallest absolute Gasteiger partial charge is 0.197 e. The quantitative estimate of drug-likeness (QED) is 0.604. The van der Waals surface area contributed by atoms with E-state index in [1.165, 1.54) is 22.4 Å². The number of Topliss-reactive ketones (excluding diaryl/α,β-unsaturated/α-hetero) is 1. The fraction of sp³-hybridized carbons (Fsp3) is 0.375. The van der Waals surface area contributed by atoms with Crippen LogP contribution >= 0.6 is 12.3 Å². The fourth-order valence-electron chi connectivity index (χ4n) is 5.53. The summed E-state index contributed by atoms with van der Waals surface area (Å²) in [6.45, 7) is 5.58. The zero-order valence-electron chi connectivity index (χ0n) is 17.8. The Bertz CT molecular complexity index is 1290. The number of hydrogen-bond acceptors (Lipinski definition) is 6. The molecule has 8 heteroatoms. The SMILES string of the molecule is CC1(C)C(=O)C(C#N)=CC2(C)C3=CC(=O)C(C#N)=CC3(C#Cc3nccn3SF)CCC12. The Morgan fingerprint density at radius 2 is 1.91 bits per heavy atom. The summed E-state index contributed by atoms with van der Waals surface area (Å²) in [7, 11) is 0. The molecule has 0 amide bonds. The van der Waals surface area contributed by atoms with Gasteiger partial charge in [-0.2, -0.15) is 10.5 Å². The van der Waals surface area contributed by atoms with Crippen LogP contribution in [0.1, 0.15) is 39.4 Å². The fourth-order valence-corrected chi connectivity index (χ4v) is 5.79. The molecule has 4 rings (SSSR count). The molecule has 1 aromatic rings. The third kappa shape index (κ3) is 2.97. The average molecular weight is 447 g/mol. The van der Waals surface area contributed by atoms with Crippen LogP contribution in [-0.4, -0.2) is 20.5 Å². The monoisotopic (exact) mass is 446 g/mol. The van der Waals surface area contributed by atoms with E-state index in [1.54, 1.807) is 12.2 Å². The lowest BCUT2D eigenvalue weighted by molar-refractivity contribution is -0.130. The van der Waals surface area contributed by atoms with E-state index < -0.39 is 22.0 Å². The molecule has 160 valence electrons. The van der Waals surface area contributed by atoms with Crippen LogP contribution < -0.4 is 0 Å². The van der Waals surface area contributed by atoms with E-state index in [9.17, 15) is 24.0 Å². The van der Waals surface area contributed by atoms with Crippen molar-refractivity contribution in [2.45, 2.75) is 33.6 Å². The van der Waals surface area contributed by atoms with Gasteiger partial charge in [0.15, 0.2) is 29.7 Å². The van der Waals surface area contributed by atoms with Gasteiger partial charge >= 0.3 is 0 Å². The molecule has 6 nitrogen and oxygen atoms in total. The van der Waals surface area contributed by atoms with Crippen molar-refractivity contribution in [3.05, 3.63) is 53.2 Å². The van der Waals surface area contributed by atoms with E-state index >= 15 is 0 Å². The molecule has 0 aromatic carbocycles. The average Bonchev–Trinajstić information content (AvgIpc) is 3.23. The van der Waals surface area contributed by atoms with E-state index in [2.05, 4.69) is 16.8 Å². The molecule has 1 fully saturated rings. The molecule has 3 atom stereocenters. The van der Waals surface area contributed by atoms with E-state index in [4.69, 9.17) is 0 Å². The lowest BCUT2D eigenvalue weighted by Gasteiger charge is -2.56. The molecular weight excluding hydrogens is 427 g/mol. The minimum atomic E-state index is -0.977. The third-order valence-electron chi connectivity index (χ3n) is 7.01. The lowest BCUT2D eigenvalue weighted by Crippen LogP contribution is -2.53. The van der Waals surface area contributed by atoms with Crippen LogP contribution in [-0.2, 0) is 9.59 Å². The molecule has 3 aliphatic carbocycles. The minimum Gasteiger partial charge on any atom is -0.293 e. The van der Waals surface area contributed by atoms with Crippen molar-refractivity contribution >= 4 is 23.9 Å². The summed E-state index contributed by atoms with van der Waals surface area (Å²) in [5.74, 6) is 5.49. The van der Waals surface area contributed by atoms with Crippen molar-refractivity contribution in [1.82, 2.24) is 8.96 Å². The topological polar surface area (TPSA) is 99.5 Å². The van der Waals surface area contributed by atoms with Gasteiger partial charge in [0.05, 0.1) is 16.6 Å². The van der Waals surface area contributed by atoms with E-state index in [0.29, 0.717) is 18.4 Å². The van der Waals surface area contributed by atoms with Gasteiger partial charge in [-0.15, -0.1) is 3.89 Å². The number of allylic oxidation sites excluding steroid dienone is 6. The summed E-state index contributed by atoms with van der Waals surface area (Å²) in [5.41, 5.74) is -1.88. The molecule has 0 aliphatic heterocycles. The van der Waals surface area contributed by atoms with Crippen LogP contribution in [0.5, 0.6) is 0 Å². The highest BCUT2D eigenvalue weighted by Crippen LogP contribution is 2.63. The largest absolute Gasteiger partial charge is 0.293 e. The molecule has 0 radical (unpaired) electrons. The number of fused-ring (bicyclic) bond motifs is 3. The van der Waals surface area contributed by atoms with Gasteiger partial charge in [-0.1, -0.05) is 32.8 Å². The Morgan fingerprint density at radius 1 is 1.19 bits per heavy atom. The molecular formula is C24H19FN4O2S. The first-order valence-corrected chi connectivity index (χ1v) is 10.7.